The third-order valence-electron chi connectivity index (χ3n) is 1.19. The number of pyridine rings is 1. The average Bonchev–Trinajstić information content (AvgIpc) is 2.36. The van der Waals surface area contributed by atoms with Crippen LogP contribution in [0.5, 0.6) is 0 Å². The van der Waals surface area contributed by atoms with Crippen molar-refractivity contribution in [1.29, 1.82) is 0 Å². The summed E-state index contributed by atoms with van der Waals surface area (Å²) >= 11 is 3.83. The van der Waals surface area contributed by atoms with Crippen molar-refractivity contribution in [2.45, 2.75) is 0 Å². The van der Waals surface area contributed by atoms with E-state index in [1.54, 1.807) is 11.3 Å². The summed E-state index contributed by atoms with van der Waals surface area (Å²) in [5.41, 5.74) is 2.84. The molecule has 0 unspecified atom stereocenters. The van der Waals surface area contributed by atoms with E-state index in [2.05, 4.69) is 32.6 Å². The largest absolute Gasteiger partial charge is 0.244 e. The van der Waals surface area contributed by atoms with E-state index in [1.165, 1.54) is 3.57 Å². The Bertz CT molecular complexity index is 357. The van der Waals surface area contributed by atoms with Gasteiger partial charge in [0.05, 0.1) is 5.51 Å². The van der Waals surface area contributed by atoms with Crippen molar-refractivity contribution in [3.05, 3.63) is 21.3 Å². The molecule has 0 spiro atoms. The monoisotopic (exact) mass is 262 g/mol. The van der Waals surface area contributed by atoms with E-state index in [9.17, 15) is 0 Å². The van der Waals surface area contributed by atoms with Crippen LogP contribution in [-0.2, 0) is 0 Å². The number of hydrogen-bond acceptors (Lipinski definition) is 3. The normalized spacial score (nSPS) is 10.5. The van der Waals surface area contributed by atoms with E-state index in [0.717, 1.165) is 10.3 Å². The minimum absolute atomic E-state index is 1.02. The van der Waals surface area contributed by atoms with Gasteiger partial charge in [-0.25, -0.2) is 9.97 Å². The van der Waals surface area contributed by atoms with Crippen LogP contribution in [0.2, 0.25) is 0 Å². The molecule has 0 atom stereocenters. The van der Waals surface area contributed by atoms with Gasteiger partial charge in [0, 0.05) is 9.77 Å². The highest BCUT2D eigenvalue weighted by Crippen LogP contribution is 2.19. The van der Waals surface area contributed by atoms with Crippen molar-refractivity contribution >= 4 is 44.3 Å². The Morgan fingerprint density at radius 1 is 1.40 bits per heavy atom. The summed E-state index contributed by atoms with van der Waals surface area (Å²) in [6.45, 7) is 0. The van der Waals surface area contributed by atoms with E-state index < -0.39 is 0 Å². The molecule has 0 aromatic carbocycles. The van der Waals surface area contributed by atoms with Crippen LogP contribution >= 0.6 is 33.9 Å². The first kappa shape index (κ1) is 6.48. The number of rotatable bonds is 0. The number of fused-ring (bicyclic) bond motifs is 1. The van der Waals surface area contributed by atoms with Gasteiger partial charge >= 0.3 is 0 Å². The summed E-state index contributed by atoms with van der Waals surface area (Å²) in [7, 11) is 0. The maximum Gasteiger partial charge on any atom is 0.144 e. The molecule has 50 valence electrons. The topological polar surface area (TPSA) is 25.8 Å². The van der Waals surface area contributed by atoms with Crippen molar-refractivity contribution in [3.8, 4) is 0 Å². The second-order valence-electron chi connectivity index (χ2n) is 1.80. The molecule has 0 N–H and O–H groups in total. The molecule has 2 heterocycles. The quantitative estimate of drug-likeness (QED) is 0.681. The van der Waals surface area contributed by atoms with Gasteiger partial charge in [-0.2, -0.15) is 0 Å². The highest BCUT2D eigenvalue weighted by atomic mass is 127. The smallest absolute Gasteiger partial charge is 0.144 e. The van der Waals surface area contributed by atoms with E-state index in [1.807, 2.05) is 17.8 Å². The van der Waals surface area contributed by atoms with Gasteiger partial charge < -0.3 is 0 Å². The van der Waals surface area contributed by atoms with Crippen LogP contribution in [0.1, 0.15) is 0 Å². The predicted molar refractivity (Wildman–Crippen MR) is 50.1 cm³/mol. The Labute approximate surface area is 75.5 Å². The molecule has 0 saturated heterocycles. The lowest BCUT2D eigenvalue weighted by molar-refractivity contribution is 1.39. The van der Waals surface area contributed by atoms with Crippen LogP contribution in [0.15, 0.2) is 17.8 Å². The zero-order chi connectivity index (χ0) is 6.97. The van der Waals surface area contributed by atoms with Gasteiger partial charge in [-0.3, -0.25) is 0 Å². The summed E-state index contributed by atoms with van der Waals surface area (Å²) in [6, 6.07) is 1.96. The molecule has 2 nitrogen and oxygen atoms in total. The standard InChI is InChI=1S/C6H3IN2S/c7-4-1-2-8-6-5(4)9-3-10-6/h1-3H. The summed E-state index contributed by atoms with van der Waals surface area (Å²) in [5, 5.41) is 0. The Kier molecular flexibility index (Phi) is 1.57. The maximum absolute atomic E-state index is 4.17. The molecule has 4 heteroatoms. The Hall–Kier alpha value is -0.230. The zero-order valence-corrected chi connectivity index (χ0v) is 7.89. The number of halogens is 1. The Morgan fingerprint density at radius 2 is 2.30 bits per heavy atom. The molecule has 0 fully saturated rings. The van der Waals surface area contributed by atoms with Gasteiger partial charge in [0.1, 0.15) is 10.3 Å². The van der Waals surface area contributed by atoms with Crippen molar-refractivity contribution in [3.63, 3.8) is 0 Å². The molecule has 0 aliphatic carbocycles. The molecule has 0 bridgehead atoms. The molecule has 0 radical (unpaired) electrons. The van der Waals surface area contributed by atoms with Gasteiger partial charge in [0.2, 0.25) is 0 Å². The van der Waals surface area contributed by atoms with E-state index >= 15 is 0 Å². The van der Waals surface area contributed by atoms with Crippen molar-refractivity contribution in [2.75, 3.05) is 0 Å². The molecule has 0 saturated carbocycles. The van der Waals surface area contributed by atoms with Crippen molar-refractivity contribution in [2.24, 2.45) is 0 Å². The highest BCUT2D eigenvalue weighted by Gasteiger charge is 1.99. The lowest BCUT2D eigenvalue weighted by atomic mass is 10.5. The first-order valence-electron chi connectivity index (χ1n) is 2.71. The highest BCUT2D eigenvalue weighted by molar-refractivity contribution is 14.1. The SMILES string of the molecule is Ic1ccnc2scnc12. The minimum atomic E-state index is 1.02. The number of thiazole rings is 1. The summed E-state index contributed by atoms with van der Waals surface area (Å²) in [6.07, 6.45) is 1.81. The fraction of sp³-hybridized carbons (Fsp3) is 0. The zero-order valence-electron chi connectivity index (χ0n) is 4.91. The Morgan fingerprint density at radius 3 is 3.10 bits per heavy atom. The van der Waals surface area contributed by atoms with Gasteiger partial charge in [0.25, 0.3) is 0 Å². The summed E-state index contributed by atoms with van der Waals surface area (Å²) in [5.74, 6) is 0. The van der Waals surface area contributed by atoms with E-state index in [0.29, 0.717) is 0 Å². The maximum atomic E-state index is 4.17. The van der Waals surface area contributed by atoms with Gasteiger partial charge in [0.15, 0.2) is 0 Å². The number of hydrogen-bond donors (Lipinski definition) is 0. The van der Waals surface area contributed by atoms with E-state index in [4.69, 9.17) is 0 Å². The summed E-state index contributed by atoms with van der Waals surface area (Å²) < 4.78 is 1.17. The van der Waals surface area contributed by atoms with Crippen LogP contribution in [0.4, 0.5) is 0 Å². The number of aromatic nitrogens is 2. The molecule has 2 aromatic rings. The van der Waals surface area contributed by atoms with Crippen LogP contribution in [0, 0.1) is 3.57 Å². The molecule has 2 rings (SSSR count). The molecular formula is C6H3IN2S. The predicted octanol–water partition coefficient (Wildman–Crippen LogP) is 2.30. The fourth-order valence-corrected chi connectivity index (χ4v) is 2.14. The summed E-state index contributed by atoms with van der Waals surface area (Å²) in [4.78, 5) is 9.34. The molecule has 0 amide bonds. The molecule has 2 aromatic heterocycles. The van der Waals surface area contributed by atoms with Crippen LogP contribution in [0.3, 0.4) is 0 Å². The minimum Gasteiger partial charge on any atom is -0.244 e. The molecule has 0 aliphatic heterocycles. The van der Waals surface area contributed by atoms with Gasteiger partial charge in [-0.05, 0) is 28.7 Å². The van der Waals surface area contributed by atoms with Gasteiger partial charge in [-0.15, -0.1) is 11.3 Å². The average molecular weight is 262 g/mol. The number of nitrogens with zero attached hydrogens (tertiary/aromatic N) is 2. The van der Waals surface area contributed by atoms with E-state index in [-0.39, 0.29) is 0 Å². The van der Waals surface area contributed by atoms with Crippen LogP contribution in [0.25, 0.3) is 10.3 Å². The molecular weight excluding hydrogens is 259 g/mol. The fourth-order valence-electron chi connectivity index (χ4n) is 0.745. The van der Waals surface area contributed by atoms with Crippen LogP contribution in [-0.4, -0.2) is 9.97 Å². The van der Waals surface area contributed by atoms with Crippen molar-refractivity contribution < 1.29 is 0 Å². The third-order valence-corrected chi connectivity index (χ3v) is 2.79. The lowest BCUT2D eigenvalue weighted by Gasteiger charge is -1.87. The molecule has 0 aliphatic rings. The van der Waals surface area contributed by atoms with Crippen molar-refractivity contribution in [1.82, 2.24) is 9.97 Å². The lowest BCUT2D eigenvalue weighted by Crippen LogP contribution is -1.76. The van der Waals surface area contributed by atoms with Crippen LogP contribution < -0.4 is 0 Å². The first-order valence-corrected chi connectivity index (χ1v) is 4.67. The molecule has 10 heavy (non-hydrogen) atoms. The Balaban J connectivity index is 2.95. The van der Waals surface area contributed by atoms with Gasteiger partial charge in [-0.1, -0.05) is 0 Å². The second kappa shape index (κ2) is 2.43. The second-order valence-corrected chi connectivity index (χ2v) is 3.79. The third kappa shape index (κ3) is 0.911. The first-order chi connectivity index (χ1) is 4.88.